The second-order valence-corrected chi connectivity index (χ2v) is 10.7. The first kappa shape index (κ1) is 30.9. The van der Waals surface area contributed by atoms with E-state index >= 15 is 8.78 Å². The molecule has 1 amide bonds. The van der Waals surface area contributed by atoms with Crippen LogP contribution in [0.15, 0.2) is 41.6 Å². The van der Waals surface area contributed by atoms with Gasteiger partial charge in [0.15, 0.2) is 5.82 Å². The van der Waals surface area contributed by atoms with Crippen LogP contribution in [0.5, 0.6) is 5.88 Å². The van der Waals surface area contributed by atoms with Gasteiger partial charge < -0.3 is 29.7 Å². The molecule has 1 unspecified atom stereocenters. The first-order valence-corrected chi connectivity index (χ1v) is 13.8. The second kappa shape index (κ2) is 12.2. The lowest BCUT2D eigenvalue weighted by molar-refractivity contribution is -0.138. The molecule has 0 bridgehead atoms. The van der Waals surface area contributed by atoms with E-state index in [-0.39, 0.29) is 29.9 Å². The van der Waals surface area contributed by atoms with Gasteiger partial charge in [-0.15, -0.1) is 0 Å². The molecule has 1 saturated heterocycles. The minimum absolute atomic E-state index is 0.0103. The topological polar surface area (TPSA) is 107 Å². The van der Waals surface area contributed by atoms with Crippen molar-refractivity contribution in [2.75, 3.05) is 62.0 Å². The molecule has 0 spiro atoms. The summed E-state index contributed by atoms with van der Waals surface area (Å²) in [4.78, 5) is 40.7. The minimum atomic E-state index is -5.04. The third-order valence-electron chi connectivity index (χ3n) is 7.84. The number of pyridine rings is 1. The van der Waals surface area contributed by atoms with Gasteiger partial charge in [-0.25, -0.2) is 18.7 Å². The van der Waals surface area contributed by atoms with Crippen LogP contribution < -0.4 is 25.4 Å². The Hall–Kier alpha value is -4.53. The van der Waals surface area contributed by atoms with Crippen molar-refractivity contribution in [3.05, 3.63) is 75.5 Å². The molecule has 234 valence electrons. The summed E-state index contributed by atoms with van der Waals surface area (Å²) >= 11 is 0. The highest BCUT2D eigenvalue weighted by Crippen LogP contribution is 2.39. The second-order valence-electron chi connectivity index (χ2n) is 10.7. The van der Waals surface area contributed by atoms with Crippen LogP contribution >= 0.6 is 0 Å². The lowest BCUT2D eigenvalue weighted by Crippen LogP contribution is -2.50. The van der Waals surface area contributed by atoms with E-state index in [0.29, 0.717) is 50.5 Å². The van der Waals surface area contributed by atoms with Crippen LogP contribution in [0.1, 0.15) is 34.8 Å². The van der Waals surface area contributed by atoms with Crippen molar-refractivity contribution < 1.29 is 31.5 Å². The number of amides is 1. The van der Waals surface area contributed by atoms with Crippen LogP contribution in [0.3, 0.4) is 0 Å². The van der Waals surface area contributed by atoms with Gasteiger partial charge in [-0.3, -0.25) is 9.59 Å². The zero-order chi connectivity index (χ0) is 31.8. The smallest absolute Gasteiger partial charge is 0.417 e. The zero-order valence-electron chi connectivity index (χ0n) is 24.1. The largest absolute Gasteiger partial charge is 0.481 e. The maximum absolute atomic E-state index is 16.6. The molecule has 1 aromatic carbocycles. The summed E-state index contributed by atoms with van der Waals surface area (Å²) in [5, 5.41) is 2.28. The lowest BCUT2D eigenvalue weighted by Gasteiger charge is -2.40. The van der Waals surface area contributed by atoms with Gasteiger partial charge in [0.05, 0.1) is 29.5 Å². The molecule has 5 rings (SSSR count). The fourth-order valence-electron chi connectivity index (χ4n) is 5.35. The fraction of sp³-hybridized carbons (Fsp3) is 0.379. The number of benzene rings is 1. The Morgan fingerprint density at radius 3 is 2.59 bits per heavy atom. The summed E-state index contributed by atoms with van der Waals surface area (Å²) in [7, 11) is 3.35. The molecular formula is C29H30F5N7O3. The normalized spacial score (nSPS) is 17.8. The standard InChI is InChI=1S/C29H30F5N7O3/c1-16-13-40(8-7-39(16)2)21-10-20(30)25(17-5-4-6-41(14-17)22-11-24(44-3)37-15-36-22)26(31)27(21)38-28(43)18-12-35-23(42)9-19(18)29(32,33)34/h5,9-12,15-16H,4,6-8,13-14H2,1-3H3,(H,35,42)(H,38,43). The van der Waals surface area contributed by atoms with Gasteiger partial charge in [0.2, 0.25) is 11.4 Å². The molecule has 0 aliphatic carbocycles. The Balaban J connectivity index is 1.58. The highest BCUT2D eigenvalue weighted by atomic mass is 19.4. The van der Waals surface area contributed by atoms with Crippen molar-refractivity contribution >= 4 is 28.7 Å². The van der Waals surface area contributed by atoms with Crippen molar-refractivity contribution in [3.8, 4) is 5.88 Å². The van der Waals surface area contributed by atoms with Gasteiger partial charge in [0, 0.05) is 63.2 Å². The van der Waals surface area contributed by atoms with E-state index in [1.807, 2.05) is 14.0 Å². The zero-order valence-corrected chi connectivity index (χ0v) is 24.1. The minimum Gasteiger partial charge on any atom is -0.481 e. The number of carbonyl (C=O) groups is 1. The number of alkyl halides is 3. The molecule has 3 aromatic rings. The summed E-state index contributed by atoms with van der Waals surface area (Å²) in [5.41, 5.74) is -4.10. The third-order valence-corrected chi connectivity index (χ3v) is 7.84. The summed E-state index contributed by atoms with van der Waals surface area (Å²) in [5.74, 6) is -2.57. The predicted molar refractivity (Wildman–Crippen MR) is 154 cm³/mol. The van der Waals surface area contributed by atoms with E-state index in [2.05, 4.69) is 25.2 Å². The number of hydrogen-bond donors (Lipinski definition) is 2. The van der Waals surface area contributed by atoms with Gasteiger partial charge in [-0.1, -0.05) is 6.08 Å². The SMILES string of the molecule is COc1cc(N2CCC=C(c3c(F)cc(N4CCN(C)C(C)C4)c(NC(=O)c4c[nH]c(=O)cc4C(F)(F)F)c3F)C2)ncn1. The number of ether oxygens (including phenoxy) is 1. The van der Waals surface area contributed by atoms with Gasteiger partial charge in [-0.05, 0) is 26.0 Å². The Labute approximate surface area is 249 Å². The quantitative estimate of drug-likeness (QED) is 0.397. The average Bonchev–Trinajstić information content (AvgIpc) is 2.99. The van der Waals surface area contributed by atoms with Crippen molar-refractivity contribution in [2.45, 2.75) is 25.6 Å². The number of aromatic nitrogens is 3. The molecule has 1 fully saturated rings. The number of methoxy groups -OCH3 is 1. The first-order valence-electron chi connectivity index (χ1n) is 13.8. The maximum atomic E-state index is 16.6. The first-order chi connectivity index (χ1) is 20.9. The van der Waals surface area contributed by atoms with Crippen molar-refractivity contribution in [1.29, 1.82) is 0 Å². The molecule has 2 N–H and O–H groups in total. The molecule has 0 saturated carbocycles. The van der Waals surface area contributed by atoms with Crippen LogP contribution in [-0.2, 0) is 6.18 Å². The number of H-pyrrole nitrogens is 1. The highest BCUT2D eigenvalue weighted by Gasteiger charge is 2.37. The van der Waals surface area contributed by atoms with Gasteiger partial charge in [-0.2, -0.15) is 13.2 Å². The van der Waals surface area contributed by atoms with Gasteiger partial charge in [0.1, 0.15) is 23.6 Å². The molecule has 44 heavy (non-hydrogen) atoms. The summed E-state index contributed by atoms with van der Waals surface area (Å²) in [6, 6.07) is 2.92. The summed E-state index contributed by atoms with van der Waals surface area (Å²) in [6.45, 7) is 3.69. The van der Waals surface area contributed by atoms with Crippen molar-refractivity contribution in [3.63, 3.8) is 0 Å². The molecule has 1 atom stereocenters. The van der Waals surface area contributed by atoms with E-state index < -0.39 is 51.7 Å². The molecule has 0 radical (unpaired) electrons. The van der Waals surface area contributed by atoms with Crippen LogP contribution in [0, 0.1) is 11.6 Å². The Morgan fingerprint density at radius 2 is 1.89 bits per heavy atom. The number of carbonyl (C=O) groups excluding carboxylic acids is 1. The number of anilines is 3. The van der Waals surface area contributed by atoms with Gasteiger partial charge in [0.25, 0.3) is 5.91 Å². The van der Waals surface area contributed by atoms with Crippen LogP contribution in [0.25, 0.3) is 5.57 Å². The molecular weight excluding hydrogens is 589 g/mol. The third kappa shape index (κ3) is 6.23. The number of hydrogen-bond acceptors (Lipinski definition) is 8. The Kier molecular flexibility index (Phi) is 8.59. The summed E-state index contributed by atoms with van der Waals surface area (Å²) < 4.78 is 78.8. The van der Waals surface area contributed by atoms with E-state index in [9.17, 15) is 22.8 Å². The predicted octanol–water partition coefficient (Wildman–Crippen LogP) is 4.16. The number of nitrogens with one attached hydrogen (secondary N) is 2. The number of piperazine rings is 1. The van der Waals surface area contributed by atoms with Crippen molar-refractivity contribution in [1.82, 2.24) is 19.9 Å². The molecule has 15 heteroatoms. The lowest BCUT2D eigenvalue weighted by atomic mass is 9.97. The van der Waals surface area contributed by atoms with Crippen LogP contribution in [0.4, 0.5) is 39.1 Å². The number of aromatic amines is 1. The molecule has 10 nitrogen and oxygen atoms in total. The molecule has 2 aliphatic rings. The number of likely N-dealkylation sites (N-methyl/N-ethyl adjacent to an activating group) is 1. The average molecular weight is 620 g/mol. The van der Waals surface area contributed by atoms with E-state index in [1.165, 1.54) is 13.4 Å². The monoisotopic (exact) mass is 619 g/mol. The number of nitrogens with zero attached hydrogens (tertiary/aromatic N) is 5. The molecule has 2 aliphatic heterocycles. The Morgan fingerprint density at radius 1 is 1.11 bits per heavy atom. The van der Waals surface area contributed by atoms with Gasteiger partial charge >= 0.3 is 6.18 Å². The van der Waals surface area contributed by atoms with E-state index in [1.54, 1.807) is 21.9 Å². The molecule has 4 heterocycles. The van der Waals surface area contributed by atoms with E-state index in [0.717, 1.165) is 6.07 Å². The maximum Gasteiger partial charge on any atom is 0.417 e. The van der Waals surface area contributed by atoms with E-state index in [4.69, 9.17) is 4.74 Å². The highest BCUT2D eigenvalue weighted by molar-refractivity contribution is 6.07. The van der Waals surface area contributed by atoms with Crippen LogP contribution in [0.2, 0.25) is 0 Å². The number of halogens is 5. The summed E-state index contributed by atoms with van der Waals surface area (Å²) in [6.07, 6.45) is -1.03. The van der Waals surface area contributed by atoms with Crippen LogP contribution in [-0.4, -0.2) is 78.7 Å². The molecule has 2 aromatic heterocycles. The fourth-order valence-corrected chi connectivity index (χ4v) is 5.35. The number of rotatable bonds is 6. The Bertz CT molecular complexity index is 1660. The van der Waals surface area contributed by atoms with Crippen molar-refractivity contribution in [2.24, 2.45) is 0 Å².